The van der Waals surface area contributed by atoms with E-state index in [0.29, 0.717) is 0 Å². The summed E-state index contributed by atoms with van der Waals surface area (Å²) in [6.45, 7) is 3.89. The van der Waals surface area contributed by atoms with Gasteiger partial charge in [0.1, 0.15) is 0 Å². The third kappa shape index (κ3) is 3.13. The lowest BCUT2D eigenvalue weighted by atomic mass is 9.76. The molecule has 4 heteroatoms. The zero-order valence-corrected chi connectivity index (χ0v) is 12.9. The molecule has 0 saturated heterocycles. The van der Waals surface area contributed by atoms with E-state index in [1.807, 2.05) is 6.07 Å². The number of hydrogen-bond acceptors (Lipinski definition) is 4. The molecular formula is C16H27N3O. The van der Waals surface area contributed by atoms with Crippen molar-refractivity contribution in [1.82, 2.24) is 9.88 Å². The lowest BCUT2D eigenvalue weighted by molar-refractivity contribution is 0.0608. The number of hydrogen-bond donors (Lipinski definition) is 1. The van der Waals surface area contributed by atoms with Crippen LogP contribution in [-0.4, -0.2) is 36.1 Å². The van der Waals surface area contributed by atoms with Crippen molar-refractivity contribution in [2.75, 3.05) is 20.7 Å². The molecule has 20 heavy (non-hydrogen) atoms. The van der Waals surface area contributed by atoms with Crippen LogP contribution in [0.25, 0.3) is 0 Å². The maximum Gasteiger partial charge on any atom is 0.217 e. The highest BCUT2D eigenvalue weighted by Crippen LogP contribution is 2.36. The summed E-state index contributed by atoms with van der Waals surface area (Å²) < 4.78 is 5.35. The minimum atomic E-state index is 0.132. The normalized spacial score (nSPS) is 26.8. The van der Waals surface area contributed by atoms with Crippen molar-refractivity contribution in [3.8, 4) is 5.88 Å². The third-order valence-corrected chi connectivity index (χ3v) is 4.85. The predicted octanol–water partition coefficient (Wildman–Crippen LogP) is 2.43. The predicted molar refractivity (Wildman–Crippen MR) is 81.7 cm³/mol. The maximum absolute atomic E-state index is 6.12. The zero-order chi connectivity index (χ0) is 14.6. The standard InChI is InChI=1S/C16H27N3O/c1-13-6-8-16(12-17,9-7-13)19(2)11-14-5-4-10-18-15(14)20-3/h4-5,10,13H,6-9,11-12,17H2,1-3H3. The van der Waals surface area contributed by atoms with E-state index in [0.717, 1.165) is 30.5 Å². The molecule has 1 fully saturated rings. The van der Waals surface area contributed by atoms with Gasteiger partial charge in [0.2, 0.25) is 5.88 Å². The van der Waals surface area contributed by atoms with Gasteiger partial charge in [-0.3, -0.25) is 4.90 Å². The highest BCUT2D eigenvalue weighted by Gasteiger charge is 2.36. The summed E-state index contributed by atoms with van der Waals surface area (Å²) in [4.78, 5) is 6.68. The van der Waals surface area contributed by atoms with Crippen LogP contribution in [0, 0.1) is 5.92 Å². The number of nitrogens with two attached hydrogens (primary N) is 1. The molecule has 1 aliphatic rings. The fourth-order valence-corrected chi connectivity index (χ4v) is 3.19. The minimum absolute atomic E-state index is 0.132. The minimum Gasteiger partial charge on any atom is -0.481 e. The van der Waals surface area contributed by atoms with Crippen LogP contribution in [0.2, 0.25) is 0 Å². The van der Waals surface area contributed by atoms with Gasteiger partial charge >= 0.3 is 0 Å². The van der Waals surface area contributed by atoms with Gasteiger partial charge in [-0.2, -0.15) is 0 Å². The topological polar surface area (TPSA) is 51.4 Å². The Balaban J connectivity index is 2.11. The van der Waals surface area contributed by atoms with Crippen molar-refractivity contribution in [3.63, 3.8) is 0 Å². The fraction of sp³-hybridized carbons (Fsp3) is 0.688. The number of methoxy groups -OCH3 is 1. The van der Waals surface area contributed by atoms with Gasteiger partial charge in [0.05, 0.1) is 7.11 Å². The first-order chi connectivity index (χ1) is 9.61. The van der Waals surface area contributed by atoms with E-state index >= 15 is 0 Å². The maximum atomic E-state index is 6.12. The highest BCUT2D eigenvalue weighted by atomic mass is 16.5. The molecule has 0 aliphatic heterocycles. The molecular weight excluding hydrogens is 250 g/mol. The molecule has 1 heterocycles. The molecule has 0 amide bonds. The lowest BCUT2D eigenvalue weighted by Gasteiger charge is -2.45. The molecule has 112 valence electrons. The van der Waals surface area contributed by atoms with Crippen LogP contribution in [0.5, 0.6) is 5.88 Å². The van der Waals surface area contributed by atoms with E-state index in [9.17, 15) is 0 Å². The van der Waals surface area contributed by atoms with Crippen molar-refractivity contribution >= 4 is 0 Å². The Bertz CT molecular complexity index is 427. The number of rotatable bonds is 5. The van der Waals surface area contributed by atoms with Gasteiger partial charge in [-0.1, -0.05) is 13.0 Å². The summed E-state index contributed by atoms with van der Waals surface area (Å²) in [5.41, 5.74) is 7.38. The van der Waals surface area contributed by atoms with Gasteiger partial charge in [-0.15, -0.1) is 0 Å². The highest BCUT2D eigenvalue weighted by molar-refractivity contribution is 5.25. The van der Waals surface area contributed by atoms with Gasteiger partial charge in [-0.25, -0.2) is 4.98 Å². The summed E-state index contributed by atoms with van der Waals surface area (Å²) in [5, 5.41) is 0. The van der Waals surface area contributed by atoms with Crippen LogP contribution >= 0.6 is 0 Å². The number of ether oxygens (including phenoxy) is 1. The van der Waals surface area contributed by atoms with Crippen molar-refractivity contribution < 1.29 is 4.74 Å². The number of pyridine rings is 1. The molecule has 0 spiro atoms. The van der Waals surface area contributed by atoms with Gasteiger partial charge in [0.15, 0.2) is 0 Å². The smallest absolute Gasteiger partial charge is 0.217 e. The Labute approximate surface area is 122 Å². The van der Waals surface area contributed by atoms with Crippen LogP contribution in [0.1, 0.15) is 38.2 Å². The zero-order valence-electron chi connectivity index (χ0n) is 12.9. The van der Waals surface area contributed by atoms with Crippen molar-refractivity contribution in [3.05, 3.63) is 23.9 Å². The second-order valence-electron chi connectivity index (χ2n) is 6.14. The molecule has 1 aliphatic carbocycles. The molecule has 2 N–H and O–H groups in total. The molecule has 1 saturated carbocycles. The third-order valence-electron chi connectivity index (χ3n) is 4.85. The monoisotopic (exact) mass is 277 g/mol. The largest absolute Gasteiger partial charge is 0.481 e. The van der Waals surface area contributed by atoms with Crippen molar-refractivity contribution in [1.29, 1.82) is 0 Å². The molecule has 1 aromatic heterocycles. The summed E-state index contributed by atoms with van der Waals surface area (Å²) in [7, 11) is 3.85. The van der Waals surface area contributed by atoms with Crippen LogP contribution in [-0.2, 0) is 6.54 Å². The van der Waals surface area contributed by atoms with E-state index in [2.05, 4.69) is 29.9 Å². The first-order valence-corrected chi connectivity index (χ1v) is 7.50. The average molecular weight is 277 g/mol. The van der Waals surface area contributed by atoms with Gasteiger partial charge in [0.25, 0.3) is 0 Å². The SMILES string of the molecule is COc1ncccc1CN(C)C1(CN)CCC(C)CC1. The molecule has 2 rings (SSSR count). The molecule has 0 radical (unpaired) electrons. The van der Waals surface area contributed by atoms with Crippen LogP contribution in [0.3, 0.4) is 0 Å². The Hall–Kier alpha value is -1.13. The lowest BCUT2D eigenvalue weighted by Crippen LogP contribution is -2.53. The van der Waals surface area contributed by atoms with E-state index in [4.69, 9.17) is 10.5 Å². The van der Waals surface area contributed by atoms with Gasteiger partial charge < -0.3 is 10.5 Å². The average Bonchev–Trinajstić information content (AvgIpc) is 2.49. The van der Waals surface area contributed by atoms with E-state index in [-0.39, 0.29) is 5.54 Å². The van der Waals surface area contributed by atoms with Crippen LogP contribution < -0.4 is 10.5 Å². The summed E-state index contributed by atoms with van der Waals surface area (Å²) in [6.07, 6.45) is 6.67. The number of nitrogens with zero attached hydrogens (tertiary/aromatic N) is 2. The summed E-state index contributed by atoms with van der Waals surface area (Å²) >= 11 is 0. The number of likely N-dealkylation sites (N-methyl/N-ethyl adjacent to an activating group) is 1. The molecule has 1 aromatic rings. The van der Waals surface area contributed by atoms with Gasteiger partial charge in [0, 0.05) is 30.4 Å². The summed E-state index contributed by atoms with van der Waals surface area (Å²) in [6, 6.07) is 4.04. The first kappa shape index (κ1) is 15.3. The Morgan fingerprint density at radius 2 is 2.15 bits per heavy atom. The first-order valence-electron chi connectivity index (χ1n) is 7.50. The molecule has 0 bridgehead atoms. The number of aromatic nitrogens is 1. The Morgan fingerprint density at radius 3 is 2.75 bits per heavy atom. The van der Waals surface area contributed by atoms with Crippen molar-refractivity contribution in [2.24, 2.45) is 11.7 Å². The van der Waals surface area contributed by atoms with E-state index in [1.165, 1.54) is 25.7 Å². The Morgan fingerprint density at radius 1 is 1.45 bits per heavy atom. The quantitative estimate of drug-likeness (QED) is 0.898. The van der Waals surface area contributed by atoms with Crippen molar-refractivity contribution in [2.45, 2.75) is 44.7 Å². The fourth-order valence-electron chi connectivity index (χ4n) is 3.19. The van der Waals surface area contributed by atoms with E-state index < -0.39 is 0 Å². The van der Waals surface area contributed by atoms with Crippen LogP contribution in [0.4, 0.5) is 0 Å². The Kier molecular flexibility index (Phi) is 5.00. The van der Waals surface area contributed by atoms with Crippen LogP contribution in [0.15, 0.2) is 18.3 Å². The molecule has 0 aromatic carbocycles. The molecule has 0 atom stereocenters. The summed E-state index contributed by atoms with van der Waals surface area (Å²) in [5.74, 6) is 1.55. The molecule has 4 nitrogen and oxygen atoms in total. The molecule has 0 unspecified atom stereocenters. The van der Waals surface area contributed by atoms with Gasteiger partial charge in [-0.05, 0) is 44.7 Å². The van der Waals surface area contributed by atoms with E-state index in [1.54, 1.807) is 13.3 Å². The second-order valence-corrected chi connectivity index (χ2v) is 6.14. The second kappa shape index (κ2) is 6.55.